The predicted octanol–water partition coefficient (Wildman–Crippen LogP) is 4.76. The molecule has 0 radical (unpaired) electrons. The summed E-state index contributed by atoms with van der Waals surface area (Å²) in [7, 11) is 0. The van der Waals surface area contributed by atoms with Crippen LogP contribution in [0.3, 0.4) is 0 Å². The van der Waals surface area contributed by atoms with E-state index < -0.39 is 0 Å². The van der Waals surface area contributed by atoms with Crippen molar-refractivity contribution in [3.8, 4) is 11.1 Å². The average Bonchev–Trinajstić information content (AvgIpc) is 3.03. The molecule has 3 heteroatoms. The molecule has 0 fully saturated rings. The van der Waals surface area contributed by atoms with Gasteiger partial charge in [0, 0.05) is 23.7 Å². The number of rotatable bonds is 1. The molecule has 1 aliphatic rings. The van der Waals surface area contributed by atoms with E-state index in [1.54, 1.807) is 0 Å². The summed E-state index contributed by atoms with van der Waals surface area (Å²) in [6, 6.07) is 14.0. The predicted molar refractivity (Wildman–Crippen MR) is 96.2 cm³/mol. The lowest BCUT2D eigenvalue weighted by Gasteiger charge is -2.07. The molecule has 0 unspecified atom stereocenters. The minimum Gasteiger partial charge on any atom is -0.423 e. The molecule has 23 heavy (non-hydrogen) atoms. The van der Waals surface area contributed by atoms with Gasteiger partial charge in [0.1, 0.15) is 5.58 Å². The summed E-state index contributed by atoms with van der Waals surface area (Å²) in [5.41, 5.74) is 6.10. The molecule has 4 rings (SSSR count). The first-order valence-corrected chi connectivity index (χ1v) is 8.12. The van der Waals surface area contributed by atoms with Crippen molar-refractivity contribution in [2.24, 2.45) is 0 Å². The lowest BCUT2D eigenvalue weighted by atomic mass is 10.00. The molecule has 0 spiro atoms. The molecule has 0 saturated heterocycles. The Kier molecular flexibility index (Phi) is 4.20. The van der Waals surface area contributed by atoms with Crippen LogP contribution in [0.5, 0.6) is 0 Å². The standard InChI is InChI=1S/C18H15NO2.C2H6/c1-11-8-18(20)21-17-10-13(2-4-15(11)17)12-3-5-16-14(9-12)6-7-19-16;1-2/h2-5,8-10,19H,6-7H2,1H3;1-2H3. The van der Waals surface area contributed by atoms with E-state index in [0.717, 1.165) is 35.0 Å². The van der Waals surface area contributed by atoms with Gasteiger partial charge in [0.2, 0.25) is 0 Å². The lowest BCUT2D eigenvalue weighted by molar-refractivity contribution is 0.560. The van der Waals surface area contributed by atoms with Crippen molar-refractivity contribution in [2.45, 2.75) is 27.2 Å². The highest BCUT2D eigenvalue weighted by molar-refractivity contribution is 5.85. The van der Waals surface area contributed by atoms with Gasteiger partial charge in [-0.25, -0.2) is 4.79 Å². The van der Waals surface area contributed by atoms with Gasteiger partial charge in [-0.05, 0) is 53.8 Å². The highest BCUT2D eigenvalue weighted by Gasteiger charge is 2.11. The highest BCUT2D eigenvalue weighted by Crippen LogP contribution is 2.30. The third kappa shape index (κ3) is 2.87. The Labute approximate surface area is 136 Å². The van der Waals surface area contributed by atoms with Gasteiger partial charge in [0.15, 0.2) is 0 Å². The van der Waals surface area contributed by atoms with Crippen LogP contribution in [0.25, 0.3) is 22.1 Å². The van der Waals surface area contributed by atoms with Crippen LogP contribution >= 0.6 is 0 Å². The van der Waals surface area contributed by atoms with Gasteiger partial charge in [-0.1, -0.05) is 32.0 Å². The van der Waals surface area contributed by atoms with Crippen LogP contribution in [0.1, 0.15) is 25.0 Å². The Morgan fingerprint density at radius 1 is 1.00 bits per heavy atom. The number of nitrogens with one attached hydrogen (secondary N) is 1. The first kappa shape index (κ1) is 15.3. The van der Waals surface area contributed by atoms with Gasteiger partial charge in [-0.3, -0.25) is 0 Å². The van der Waals surface area contributed by atoms with E-state index in [0.29, 0.717) is 5.58 Å². The number of benzene rings is 2. The van der Waals surface area contributed by atoms with Crippen molar-refractivity contribution >= 4 is 16.7 Å². The van der Waals surface area contributed by atoms with Crippen LogP contribution in [-0.2, 0) is 6.42 Å². The molecule has 0 amide bonds. The lowest BCUT2D eigenvalue weighted by Crippen LogP contribution is -1.97. The molecule has 3 aromatic rings. The van der Waals surface area contributed by atoms with E-state index in [4.69, 9.17) is 4.42 Å². The Balaban J connectivity index is 0.000000753. The summed E-state index contributed by atoms with van der Waals surface area (Å²) < 4.78 is 5.33. The smallest absolute Gasteiger partial charge is 0.336 e. The van der Waals surface area contributed by atoms with Gasteiger partial charge in [0.05, 0.1) is 0 Å². The third-order valence-electron chi connectivity index (χ3n) is 4.10. The van der Waals surface area contributed by atoms with Gasteiger partial charge in [0.25, 0.3) is 0 Å². The fraction of sp³-hybridized carbons (Fsp3) is 0.250. The number of anilines is 1. The molecule has 118 valence electrons. The van der Waals surface area contributed by atoms with Crippen molar-refractivity contribution in [1.29, 1.82) is 0 Å². The first-order chi connectivity index (χ1) is 11.2. The molecule has 3 nitrogen and oxygen atoms in total. The molecule has 1 N–H and O–H groups in total. The van der Waals surface area contributed by atoms with Crippen molar-refractivity contribution in [3.63, 3.8) is 0 Å². The van der Waals surface area contributed by atoms with Gasteiger partial charge in [-0.15, -0.1) is 0 Å². The topological polar surface area (TPSA) is 42.2 Å². The summed E-state index contributed by atoms with van der Waals surface area (Å²) in [6.45, 7) is 6.94. The summed E-state index contributed by atoms with van der Waals surface area (Å²) in [5.74, 6) is 0. The van der Waals surface area contributed by atoms with Crippen molar-refractivity contribution < 1.29 is 4.42 Å². The molecular formula is C20H21NO2. The largest absolute Gasteiger partial charge is 0.423 e. The Morgan fingerprint density at radius 3 is 2.57 bits per heavy atom. The zero-order valence-corrected chi connectivity index (χ0v) is 13.8. The molecule has 1 aromatic heterocycles. The zero-order chi connectivity index (χ0) is 16.4. The maximum absolute atomic E-state index is 11.5. The van der Waals surface area contributed by atoms with Crippen molar-refractivity contribution in [2.75, 3.05) is 11.9 Å². The number of fused-ring (bicyclic) bond motifs is 2. The second-order valence-electron chi connectivity index (χ2n) is 5.51. The fourth-order valence-electron chi connectivity index (χ4n) is 2.99. The van der Waals surface area contributed by atoms with Crippen LogP contribution in [0.15, 0.2) is 51.7 Å². The monoisotopic (exact) mass is 307 g/mol. The van der Waals surface area contributed by atoms with Crippen molar-refractivity contribution in [1.82, 2.24) is 0 Å². The minimum atomic E-state index is -0.296. The summed E-state index contributed by atoms with van der Waals surface area (Å²) in [6.07, 6.45) is 1.06. The van der Waals surface area contributed by atoms with E-state index in [1.165, 1.54) is 17.3 Å². The number of aryl methyl sites for hydroxylation is 1. The van der Waals surface area contributed by atoms with Gasteiger partial charge >= 0.3 is 5.63 Å². The first-order valence-electron chi connectivity index (χ1n) is 8.12. The van der Waals surface area contributed by atoms with E-state index in [1.807, 2.05) is 32.9 Å². The summed E-state index contributed by atoms with van der Waals surface area (Å²) in [5, 5.41) is 4.35. The van der Waals surface area contributed by atoms with E-state index in [9.17, 15) is 4.79 Å². The normalized spacial score (nSPS) is 12.3. The van der Waals surface area contributed by atoms with E-state index in [-0.39, 0.29) is 5.63 Å². The van der Waals surface area contributed by atoms with Crippen LogP contribution in [0.4, 0.5) is 5.69 Å². The minimum absolute atomic E-state index is 0.296. The van der Waals surface area contributed by atoms with E-state index in [2.05, 4.69) is 29.6 Å². The van der Waals surface area contributed by atoms with Crippen LogP contribution < -0.4 is 10.9 Å². The maximum atomic E-state index is 11.5. The van der Waals surface area contributed by atoms with Crippen molar-refractivity contribution in [3.05, 3.63) is 64.0 Å². The summed E-state index contributed by atoms with van der Waals surface area (Å²) >= 11 is 0. The highest BCUT2D eigenvalue weighted by atomic mass is 16.4. The molecule has 2 heterocycles. The van der Waals surface area contributed by atoms with Crippen LogP contribution in [-0.4, -0.2) is 6.54 Å². The quantitative estimate of drug-likeness (QED) is 0.659. The third-order valence-corrected chi connectivity index (χ3v) is 4.10. The summed E-state index contributed by atoms with van der Waals surface area (Å²) in [4.78, 5) is 11.5. The van der Waals surface area contributed by atoms with Crippen LogP contribution in [0.2, 0.25) is 0 Å². The second kappa shape index (κ2) is 6.29. The molecule has 1 aliphatic heterocycles. The van der Waals surface area contributed by atoms with Crippen LogP contribution in [0, 0.1) is 6.92 Å². The van der Waals surface area contributed by atoms with Gasteiger partial charge in [-0.2, -0.15) is 0 Å². The Morgan fingerprint density at radius 2 is 1.74 bits per heavy atom. The average molecular weight is 307 g/mol. The number of hydrogen-bond acceptors (Lipinski definition) is 3. The molecular weight excluding hydrogens is 286 g/mol. The number of hydrogen-bond donors (Lipinski definition) is 1. The molecule has 0 atom stereocenters. The molecule has 2 aromatic carbocycles. The molecule has 0 saturated carbocycles. The fourth-order valence-corrected chi connectivity index (χ4v) is 2.99. The Hall–Kier alpha value is -2.55. The zero-order valence-electron chi connectivity index (χ0n) is 13.8. The SMILES string of the molecule is CC.Cc1cc(=O)oc2cc(-c3ccc4c(c3)CCN4)ccc12. The molecule has 0 aliphatic carbocycles. The Bertz CT molecular complexity index is 909. The maximum Gasteiger partial charge on any atom is 0.336 e. The molecule has 0 bridgehead atoms. The van der Waals surface area contributed by atoms with Gasteiger partial charge < -0.3 is 9.73 Å². The van der Waals surface area contributed by atoms with E-state index >= 15 is 0 Å². The second-order valence-corrected chi connectivity index (χ2v) is 5.51.